The van der Waals surface area contributed by atoms with Gasteiger partial charge in [-0.15, -0.1) is 0 Å². The Hall–Kier alpha value is -1.11. The summed E-state index contributed by atoms with van der Waals surface area (Å²) in [5, 5.41) is 2.83. The summed E-state index contributed by atoms with van der Waals surface area (Å²) in [5.74, 6) is 0.248. The third kappa shape index (κ3) is 3.13. The van der Waals surface area contributed by atoms with Gasteiger partial charge < -0.3 is 5.32 Å². The second kappa shape index (κ2) is 6.11. The number of halogens is 1. The van der Waals surface area contributed by atoms with Crippen molar-refractivity contribution in [3.63, 3.8) is 0 Å². The molecule has 1 heterocycles. The summed E-state index contributed by atoms with van der Waals surface area (Å²) in [6, 6.07) is 6.79. The van der Waals surface area contributed by atoms with Gasteiger partial charge in [0.15, 0.2) is 0 Å². The first kappa shape index (κ1) is 15.3. The summed E-state index contributed by atoms with van der Waals surface area (Å²) in [6.45, 7) is 5.86. The Bertz CT molecular complexity index is 530. The number of hydrogen-bond acceptors (Lipinski definition) is 2. The number of amides is 2. The van der Waals surface area contributed by atoms with E-state index >= 15 is 0 Å². The number of benzene rings is 1. The molecule has 1 aliphatic heterocycles. The molecule has 108 valence electrons. The fourth-order valence-corrected chi connectivity index (χ4v) is 2.96. The van der Waals surface area contributed by atoms with Crippen molar-refractivity contribution >= 4 is 40.1 Å². The van der Waals surface area contributed by atoms with Gasteiger partial charge in [-0.25, -0.2) is 0 Å². The quantitative estimate of drug-likeness (QED) is 0.812. The summed E-state index contributed by atoms with van der Waals surface area (Å²) < 4.78 is 1.05. The van der Waals surface area contributed by atoms with E-state index in [-0.39, 0.29) is 11.8 Å². The zero-order valence-corrected chi connectivity index (χ0v) is 14.0. The molecule has 1 fully saturated rings. The van der Waals surface area contributed by atoms with E-state index < -0.39 is 12.1 Å². The monoisotopic (exact) mass is 386 g/mol. The molecule has 1 N–H and O–H groups in total. The lowest BCUT2D eigenvalue weighted by atomic mass is 9.98. The number of carbonyl (C=O) groups excluding carboxylic acids is 2. The maximum atomic E-state index is 12.6. The number of nitrogens with zero attached hydrogens (tertiary/aromatic N) is 1. The zero-order chi connectivity index (χ0) is 14.9. The highest BCUT2D eigenvalue weighted by Gasteiger charge is 2.38. The first-order valence-corrected chi connectivity index (χ1v) is 7.87. The van der Waals surface area contributed by atoms with E-state index in [1.807, 2.05) is 38.1 Å². The number of anilines is 1. The molecule has 0 radical (unpaired) electrons. The normalized spacial score (nSPS) is 23.1. The molecule has 1 aromatic carbocycles. The summed E-state index contributed by atoms with van der Waals surface area (Å²) in [4.78, 5) is 26.3. The smallest absolute Gasteiger partial charge is 0.250 e. The molecule has 2 unspecified atom stereocenters. The summed E-state index contributed by atoms with van der Waals surface area (Å²) in [5.41, 5.74) is 0.790. The molecule has 1 aromatic rings. The average Bonchev–Trinajstić information content (AvgIpc) is 2.36. The molecule has 0 saturated carbocycles. The van der Waals surface area contributed by atoms with Crippen LogP contribution in [0.4, 0.5) is 5.69 Å². The highest BCUT2D eigenvalue weighted by atomic mass is 127. The molecule has 2 amide bonds. The van der Waals surface area contributed by atoms with Gasteiger partial charge in [0, 0.05) is 9.26 Å². The van der Waals surface area contributed by atoms with E-state index in [9.17, 15) is 9.59 Å². The van der Waals surface area contributed by atoms with Crippen molar-refractivity contribution < 1.29 is 9.59 Å². The Morgan fingerprint density at radius 2 is 2.05 bits per heavy atom. The van der Waals surface area contributed by atoms with Gasteiger partial charge in [-0.1, -0.05) is 19.9 Å². The minimum Gasteiger partial charge on any atom is -0.342 e. The van der Waals surface area contributed by atoms with Crippen LogP contribution in [0.2, 0.25) is 0 Å². The van der Waals surface area contributed by atoms with Gasteiger partial charge >= 0.3 is 0 Å². The van der Waals surface area contributed by atoms with Crippen LogP contribution in [0, 0.1) is 9.49 Å². The van der Waals surface area contributed by atoms with E-state index in [2.05, 4.69) is 27.9 Å². The van der Waals surface area contributed by atoms with Crippen LogP contribution in [0.5, 0.6) is 0 Å². The number of piperazine rings is 1. The Labute approximate surface area is 133 Å². The molecular formula is C15H19IN2O2. The second-order valence-corrected chi connectivity index (χ2v) is 6.80. The molecule has 0 aromatic heterocycles. The molecule has 0 bridgehead atoms. The maximum Gasteiger partial charge on any atom is 0.250 e. The lowest BCUT2D eigenvalue weighted by Crippen LogP contribution is -2.63. The van der Waals surface area contributed by atoms with Gasteiger partial charge in [0.25, 0.3) is 0 Å². The van der Waals surface area contributed by atoms with E-state index in [0.29, 0.717) is 12.3 Å². The average molecular weight is 386 g/mol. The van der Waals surface area contributed by atoms with Gasteiger partial charge in [-0.2, -0.15) is 0 Å². The van der Waals surface area contributed by atoms with Crippen LogP contribution in [0.3, 0.4) is 0 Å². The second-order valence-electron chi connectivity index (χ2n) is 5.55. The molecule has 1 saturated heterocycles. The van der Waals surface area contributed by atoms with Gasteiger partial charge in [-0.3, -0.25) is 14.5 Å². The van der Waals surface area contributed by atoms with Gasteiger partial charge in [-0.05, 0) is 60.1 Å². The van der Waals surface area contributed by atoms with Crippen LogP contribution in [0.15, 0.2) is 24.3 Å². The zero-order valence-electron chi connectivity index (χ0n) is 11.9. The molecule has 5 heteroatoms. The minimum absolute atomic E-state index is 0.0206. The molecule has 20 heavy (non-hydrogen) atoms. The Balaban J connectivity index is 2.33. The van der Waals surface area contributed by atoms with Crippen molar-refractivity contribution in [1.29, 1.82) is 0 Å². The van der Waals surface area contributed by atoms with Gasteiger partial charge in [0.2, 0.25) is 11.8 Å². The predicted molar refractivity (Wildman–Crippen MR) is 87.5 cm³/mol. The van der Waals surface area contributed by atoms with Gasteiger partial charge in [0.05, 0.1) is 0 Å². The molecular weight excluding hydrogens is 367 g/mol. The van der Waals surface area contributed by atoms with Crippen LogP contribution in [-0.2, 0) is 9.59 Å². The predicted octanol–water partition coefficient (Wildman–Crippen LogP) is 2.56. The van der Waals surface area contributed by atoms with E-state index in [1.54, 1.807) is 11.8 Å². The minimum atomic E-state index is -0.468. The Morgan fingerprint density at radius 3 is 2.65 bits per heavy atom. The number of hydrogen-bond donors (Lipinski definition) is 1. The van der Waals surface area contributed by atoms with Crippen LogP contribution in [0.1, 0.15) is 27.2 Å². The lowest BCUT2D eigenvalue weighted by Gasteiger charge is -2.38. The fourth-order valence-electron chi connectivity index (χ4n) is 2.44. The van der Waals surface area contributed by atoms with Crippen molar-refractivity contribution in [3.8, 4) is 0 Å². The summed E-state index contributed by atoms with van der Waals surface area (Å²) in [7, 11) is 0. The molecule has 2 atom stereocenters. The van der Waals surface area contributed by atoms with Crippen LogP contribution < -0.4 is 10.2 Å². The standard InChI is InChI=1S/C15H19IN2O2/c1-9(2)7-13-15(20)18(10(3)14(19)17-13)12-6-4-5-11(16)8-12/h4-6,8-10,13H,7H2,1-3H3,(H,17,19). The van der Waals surface area contributed by atoms with E-state index in [1.165, 1.54) is 0 Å². The van der Waals surface area contributed by atoms with Crippen LogP contribution in [-0.4, -0.2) is 23.9 Å². The molecule has 1 aliphatic rings. The molecule has 0 spiro atoms. The Kier molecular flexibility index (Phi) is 4.67. The number of carbonyl (C=O) groups is 2. The molecule has 4 nitrogen and oxygen atoms in total. The van der Waals surface area contributed by atoms with Crippen molar-refractivity contribution in [1.82, 2.24) is 5.32 Å². The summed E-state index contributed by atoms with van der Waals surface area (Å²) >= 11 is 2.21. The van der Waals surface area contributed by atoms with Crippen molar-refractivity contribution in [3.05, 3.63) is 27.8 Å². The largest absolute Gasteiger partial charge is 0.342 e. The van der Waals surface area contributed by atoms with E-state index in [4.69, 9.17) is 0 Å². The number of rotatable bonds is 3. The van der Waals surface area contributed by atoms with Crippen LogP contribution in [0.25, 0.3) is 0 Å². The van der Waals surface area contributed by atoms with Crippen LogP contribution >= 0.6 is 22.6 Å². The molecule has 0 aliphatic carbocycles. The summed E-state index contributed by atoms with van der Waals surface area (Å²) in [6.07, 6.45) is 0.664. The highest BCUT2D eigenvalue weighted by molar-refractivity contribution is 14.1. The van der Waals surface area contributed by atoms with Crippen molar-refractivity contribution in [2.45, 2.75) is 39.3 Å². The van der Waals surface area contributed by atoms with E-state index in [0.717, 1.165) is 9.26 Å². The Morgan fingerprint density at radius 1 is 1.35 bits per heavy atom. The highest BCUT2D eigenvalue weighted by Crippen LogP contribution is 2.24. The SMILES string of the molecule is CC(C)CC1NC(=O)C(C)N(c2cccc(I)c2)C1=O. The first-order chi connectivity index (χ1) is 9.40. The van der Waals surface area contributed by atoms with Crippen molar-refractivity contribution in [2.75, 3.05) is 4.90 Å². The fraction of sp³-hybridized carbons (Fsp3) is 0.467. The maximum absolute atomic E-state index is 12.6. The third-order valence-electron chi connectivity index (χ3n) is 3.41. The lowest BCUT2D eigenvalue weighted by molar-refractivity contribution is -0.133. The van der Waals surface area contributed by atoms with Gasteiger partial charge in [0.1, 0.15) is 12.1 Å². The third-order valence-corrected chi connectivity index (χ3v) is 4.08. The topological polar surface area (TPSA) is 49.4 Å². The van der Waals surface area contributed by atoms with Crippen molar-refractivity contribution in [2.24, 2.45) is 5.92 Å². The first-order valence-electron chi connectivity index (χ1n) is 6.79. The number of nitrogens with one attached hydrogen (secondary N) is 1. The molecule has 2 rings (SSSR count).